The lowest BCUT2D eigenvalue weighted by molar-refractivity contribution is -0.387. The molecule has 0 atom stereocenters. The van der Waals surface area contributed by atoms with Crippen LogP contribution in [0.25, 0.3) is 0 Å². The summed E-state index contributed by atoms with van der Waals surface area (Å²) in [4.78, 5) is 21.8. The molecule has 1 fully saturated rings. The summed E-state index contributed by atoms with van der Waals surface area (Å²) < 4.78 is 23.5. The topological polar surface area (TPSA) is 78.7 Å². The van der Waals surface area contributed by atoms with Gasteiger partial charge in [-0.1, -0.05) is 6.07 Å². The first-order valence-electron chi connectivity index (χ1n) is 6.57. The number of nitro groups is 1. The summed E-state index contributed by atoms with van der Waals surface area (Å²) in [5.41, 5.74) is -0.614. The Morgan fingerprint density at radius 2 is 2.14 bits per heavy atom. The third-order valence-corrected chi connectivity index (χ3v) is 3.92. The third-order valence-electron chi connectivity index (χ3n) is 3.92. The highest BCUT2D eigenvalue weighted by Crippen LogP contribution is 2.40. The Bertz CT molecular complexity index is 554. The molecule has 2 rings (SSSR count). The van der Waals surface area contributed by atoms with Gasteiger partial charge in [-0.3, -0.25) is 14.9 Å². The summed E-state index contributed by atoms with van der Waals surface area (Å²) in [5.74, 6) is -1.28. The van der Waals surface area contributed by atoms with Gasteiger partial charge in [-0.15, -0.1) is 0 Å². The molecule has 114 valence electrons. The molecule has 21 heavy (non-hydrogen) atoms. The van der Waals surface area contributed by atoms with E-state index < -0.39 is 27.8 Å². The highest BCUT2D eigenvalue weighted by molar-refractivity contribution is 5.71. The van der Waals surface area contributed by atoms with E-state index in [4.69, 9.17) is 9.47 Å². The fourth-order valence-corrected chi connectivity index (χ4v) is 2.66. The first kappa shape index (κ1) is 15.4. The molecule has 0 unspecified atom stereocenters. The summed E-state index contributed by atoms with van der Waals surface area (Å²) >= 11 is 0. The van der Waals surface area contributed by atoms with Gasteiger partial charge in [0.25, 0.3) is 0 Å². The van der Waals surface area contributed by atoms with Gasteiger partial charge in [0, 0.05) is 24.7 Å². The zero-order chi connectivity index (χ0) is 15.5. The van der Waals surface area contributed by atoms with Crippen molar-refractivity contribution in [3.05, 3.63) is 39.7 Å². The monoisotopic (exact) mass is 297 g/mol. The van der Waals surface area contributed by atoms with Crippen LogP contribution < -0.4 is 0 Å². The van der Waals surface area contributed by atoms with Crippen LogP contribution in [0.1, 0.15) is 24.8 Å². The van der Waals surface area contributed by atoms with E-state index in [1.807, 2.05) is 0 Å². The molecule has 0 bridgehead atoms. The number of hydrogen-bond acceptors (Lipinski definition) is 5. The molecule has 0 N–H and O–H groups in total. The number of halogens is 1. The van der Waals surface area contributed by atoms with Crippen molar-refractivity contribution in [2.75, 3.05) is 20.3 Å². The number of nitrogens with zero attached hydrogens (tertiary/aromatic N) is 1. The van der Waals surface area contributed by atoms with E-state index in [0.717, 1.165) is 6.07 Å². The van der Waals surface area contributed by atoms with Crippen LogP contribution in [0.15, 0.2) is 18.2 Å². The maximum absolute atomic E-state index is 13.5. The van der Waals surface area contributed by atoms with Crippen LogP contribution in [0.5, 0.6) is 0 Å². The predicted octanol–water partition coefficient (Wildman–Crippen LogP) is 2.35. The van der Waals surface area contributed by atoms with E-state index >= 15 is 0 Å². The summed E-state index contributed by atoms with van der Waals surface area (Å²) in [6, 6.07) is 3.78. The minimum atomic E-state index is -0.885. The first-order valence-corrected chi connectivity index (χ1v) is 6.57. The quantitative estimate of drug-likeness (QED) is 0.484. The molecule has 0 spiro atoms. The van der Waals surface area contributed by atoms with E-state index in [0.29, 0.717) is 31.6 Å². The first-order chi connectivity index (χ1) is 9.98. The second-order valence-electron chi connectivity index (χ2n) is 5.07. The van der Waals surface area contributed by atoms with Gasteiger partial charge >= 0.3 is 11.7 Å². The molecule has 0 aromatic heterocycles. The Labute approximate surface area is 121 Å². The van der Waals surface area contributed by atoms with Crippen LogP contribution in [0.4, 0.5) is 10.1 Å². The molecule has 0 radical (unpaired) electrons. The molecule has 0 amide bonds. The van der Waals surface area contributed by atoms with Crippen molar-refractivity contribution < 1.29 is 23.6 Å². The van der Waals surface area contributed by atoms with Crippen LogP contribution in [-0.2, 0) is 19.7 Å². The SMILES string of the molecule is COC(=O)CC1(c2ccc(F)c([N+](=O)[O-])c2)CCOCC1. The number of nitro benzene ring substituents is 1. The fourth-order valence-electron chi connectivity index (χ4n) is 2.66. The number of benzene rings is 1. The van der Waals surface area contributed by atoms with Gasteiger partial charge in [0.2, 0.25) is 5.82 Å². The normalized spacial score (nSPS) is 17.2. The van der Waals surface area contributed by atoms with E-state index in [-0.39, 0.29) is 6.42 Å². The molecular weight excluding hydrogens is 281 g/mol. The average molecular weight is 297 g/mol. The molecule has 1 aromatic rings. The van der Waals surface area contributed by atoms with Crippen molar-refractivity contribution in [1.82, 2.24) is 0 Å². The second-order valence-corrected chi connectivity index (χ2v) is 5.07. The maximum Gasteiger partial charge on any atom is 0.306 e. The number of carbonyl (C=O) groups excluding carboxylic acids is 1. The zero-order valence-corrected chi connectivity index (χ0v) is 11.6. The van der Waals surface area contributed by atoms with Crippen LogP contribution in [0, 0.1) is 15.9 Å². The van der Waals surface area contributed by atoms with Crippen LogP contribution in [0.3, 0.4) is 0 Å². The van der Waals surface area contributed by atoms with Crippen molar-refractivity contribution >= 4 is 11.7 Å². The number of methoxy groups -OCH3 is 1. The molecule has 7 heteroatoms. The molecule has 0 saturated carbocycles. The summed E-state index contributed by atoms with van der Waals surface area (Å²) in [5, 5.41) is 10.9. The predicted molar refractivity (Wildman–Crippen MR) is 71.4 cm³/mol. The van der Waals surface area contributed by atoms with Crippen LogP contribution in [-0.4, -0.2) is 31.2 Å². The van der Waals surface area contributed by atoms with E-state index in [1.165, 1.54) is 19.2 Å². The average Bonchev–Trinajstić information content (AvgIpc) is 2.48. The van der Waals surface area contributed by atoms with Crippen LogP contribution >= 0.6 is 0 Å². The van der Waals surface area contributed by atoms with Gasteiger partial charge in [0.05, 0.1) is 18.5 Å². The van der Waals surface area contributed by atoms with Crippen LogP contribution in [0.2, 0.25) is 0 Å². The standard InChI is InChI=1S/C14H16FNO5/c1-20-13(17)9-14(4-6-21-7-5-14)10-2-3-11(15)12(8-10)16(18)19/h2-3,8H,4-7,9H2,1H3. The molecule has 1 aliphatic rings. The molecular formula is C14H16FNO5. The van der Waals surface area contributed by atoms with Crippen molar-refractivity contribution in [1.29, 1.82) is 0 Å². The minimum absolute atomic E-state index is 0.0929. The maximum atomic E-state index is 13.5. The minimum Gasteiger partial charge on any atom is -0.469 e. The molecule has 6 nitrogen and oxygen atoms in total. The van der Waals surface area contributed by atoms with Gasteiger partial charge in [0.15, 0.2) is 0 Å². The second kappa shape index (κ2) is 6.17. The largest absolute Gasteiger partial charge is 0.469 e. The van der Waals surface area contributed by atoms with E-state index in [2.05, 4.69) is 0 Å². The number of rotatable bonds is 4. The third kappa shape index (κ3) is 3.18. The molecule has 1 saturated heterocycles. The molecule has 0 aliphatic carbocycles. The van der Waals surface area contributed by atoms with E-state index in [9.17, 15) is 19.3 Å². The smallest absolute Gasteiger partial charge is 0.306 e. The Balaban J connectivity index is 2.43. The van der Waals surface area contributed by atoms with Crippen molar-refractivity contribution in [2.24, 2.45) is 0 Å². The highest BCUT2D eigenvalue weighted by Gasteiger charge is 2.38. The lowest BCUT2D eigenvalue weighted by Crippen LogP contribution is -2.36. The Kier molecular flexibility index (Phi) is 4.52. The van der Waals surface area contributed by atoms with Gasteiger partial charge in [-0.25, -0.2) is 0 Å². The van der Waals surface area contributed by atoms with Gasteiger partial charge in [-0.2, -0.15) is 4.39 Å². The van der Waals surface area contributed by atoms with Crippen molar-refractivity contribution in [3.8, 4) is 0 Å². The Morgan fingerprint density at radius 1 is 1.48 bits per heavy atom. The van der Waals surface area contributed by atoms with Crippen molar-refractivity contribution in [3.63, 3.8) is 0 Å². The number of esters is 1. The highest BCUT2D eigenvalue weighted by atomic mass is 19.1. The number of carbonyl (C=O) groups is 1. The van der Waals surface area contributed by atoms with Gasteiger partial charge in [0.1, 0.15) is 0 Å². The summed E-state index contributed by atoms with van der Waals surface area (Å²) in [6.07, 6.45) is 1.16. The summed E-state index contributed by atoms with van der Waals surface area (Å²) in [6.45, 7) is 0.893. The number of hydrogen-bond donors (Lipinski definition) is 0. The van der Waals surface area contributed by atoms with Crippen molar-refractivity contribution in [2.45, 2.75) is 24.7 Å². The number of ether oxygens (including phenoxy) is 2. The molecule has 1 aliphatic heterocycles. The molecule has 1 aromatic carbocycles. The molecule has 1 heterocycles. The zero-order valence-electron chi connectivity index (χ0n) is 11.6. The summed E-state index contributed by atoms with van der Waals surface area (Å²) in [7, 11) is 1.29. The fraction of sp³-hybridized carbons (Fsp3) is 0.500. The Hall–Kier alpha value is -2.02. The lowest BCUT2D eigenvalue weighted by Gasteiger charge is -2.36. The Morgan fingerprint density at radius 3 is 2.71 bits per heavy atom. The van der Waals surface area contributed by atoms with E-state index in [1.54, 1.807) is 0 Å². The lowest BCUT2D eigenvalue weighted by atomic mass is 9.71. The van der Waals surface area contributed by atoms with Gasteiger partial charge < -0.3 is 9.47 Å². The van der Waals surface area contributed by atoms with Gasteiger partial charge in [-0.05, 0) is 24.5 Å².